The Morgan fingerprint density at radius 1 is 1.37 bits per heavy atom. The molecule has 106 valence electrons. The topological polar surface area (TPSA) is 41.1 Å². The summed E-state index contributed by atoms with van der Waals surface area (Å²) in [5, 5.41) is 3.22. The van der Waals surface area contributed by atoms with Crippen molar-refractivity contribution in [3.05, 3.63) is 17.7 Å². The molecule has 0 aromatic carbocycles. The fraction of sp³-hybridized carbons (Fsp3) is 0.733. The summed E-state index contributed by atoms with van der Waals surface area (Å²) in [6.45, 7) is 9.68. The van der Waals surface area contributed by atoms with Gasteiger partial charge in [-0.15, -0.1) is 0 Å². The fourth-order valence-corrected chi connectivity index (χ4v) is 2.52. The van der Waals surface area contributed by atoms with Crippen LogP contribution in [0.4, 0.5) is 5.69 Å². The van der Waals surface area contributed by atoms with Gasteiger partial charge in [-0.25, -0.2) is 9.97 Å². The first-order chi connectivity index (χ1) is 9.11. The highest BCUT2D eigenvalue weighted by atomic mass is 15.2. The molecule has 0 atom stereocenters. The molecule has 0 aliphatic carbocycles. The smallest absolute Gasteiger partial charge is 0.131 e. The number of nitrogens with zero attached hydrogens (tertiary/aromatic N) is 3. The monoisotopic (exact) mass is 262 g/mol. The van der Waals surface area contributed by atoms with Gasteiger partial charge in [0.1, 0.15) is 5.82 Å². The molecule has 0 radical (unpaired) electrons. The molecule has 0 unspecified atom stereocenters. The lowest BCUT2D eigenvalue weighted by Crippen LogP contribution is -2.34. The van der Waals surface area contributed by atoms with Gasteiger partial charge in [-0.3, -0.25) is 0 Å². The van der Waals surface area contributed by atoms with Gasteiger partial charge < -0.3 is 10.2 Å². The number of hydrogen-bond donors (Lipinski definition) is 1. The predicted octanol–water partition coefficient (Wildman–Crippen LogP) is 2.56. The van der Waals surface area contributed by atoms with Crippen LogP contribution in [0.15, 0.2) is 6.20 Å². The second-order valence-electron chi connectivity index (χ2n) is 5.91. The van der Waals surface area contributed by atoms with Crippen molar-refractivity contribution in [2.45, 2.75) is 46.1 Å². The molecule has 0 saturated carbocycles. The predicted molar refractivity (Wildman–Crippen MR) is 79.5 cm³/mol. The van der Waals surface area contributed by atoms with Gasteiger partial charge in [0, 0.05) is 25.6 Å². The molecule has 19 heavy (non-hydrogen) atoms. The summed E-state index contributed by atoms with van der Waals surface area (Å²) in [6.07, 6.45) is 4.56. The van der Waals surface area contributed by atoms with E-state index in [1.165, 1.54) is 18.5 Å². The summed E-state index contributed by atoms with van der Waals surface area (Å²) in [7, 11) is 1.97. The molecule has 0 bridgehead atoms. The minimum atomic E-state index is 0.381. The summed E-state index contributed by atoms with van der Waals surface area (Å²) >= 11 is 0. The molecule has 4 heteroatoms. The van der Waals surface area contributed by atoms with Crippen LogP contribution < -0.4 is 10.2 Å². The largest absolute Gasteiger partial charge is 0.369 e. The van der Waals surface area contributed by atoms with Crippen molar-refractivity contribution in [3.8, 4) is 0 Å². The maximum Gasteiger partial charge on any atom is 0.131 e. The van der Waals surface area contributed by atoms with Crippen molar-refractivity contribution < 1.29 is 0 Å². The normalized spacial score (nSPS) is 17.2. The van der Waals surface area contributed by atoms with E-state index < -0.39 is 0 Å². The van der Waals surface area contributed by atoms with Gasteiger partial charge in [0.25, 0.3) is 0 Å². The highest BCUT2D eigenvalue weighted by Crippen LogP contribution is 2.25. The summed E-state index contributed by atoms with van der Waals surface area (Å²) < 4.78 is 0. The van der Waals surface area contributed by atoms with Crippen molar-refractivity contribution >= 4 is 5.69 Å². The molecule has 2 heterocycles. The zero-order valence-electron chi connectivity index (χ0n) is 12.6. The Hall–Kier alpha value is -1.16. The first-order valence-corrected chi connectivity index (χ1v) is 7.37. The van der Waals surface area contributed by atoms with Crippen molar-refractivity contribution in [2.24, 2.45) is 5.92 Å². The van der Waals surface area contributed by atoms with Crippen LogP contribution in [-0.4, -0.2) is 30.1 Å². The van der Waals surface area contributed by atoms with Gasteiger partial charge in [-0.1, -0.05) is 20.8 Å². The lowest BCUT2D eigenvalue weighted by Gasteiger charge is -2.33. The Labute approximate surface area is 116 Å². The molecule has 1 saturated heterocycles. The number of nitrogens with one attached hydrogen (secondary N) is 1. The van der Waals surface area contributed by atoms with Crippen LogP contribution in [0.5, 0.6) is 0 Å². The number of rotatable bonds is 4. The van der Waals surface area contributed by atoms with Gasteiger partial charge in [-0.2, -0.15) is 0 Å². The van der Waals surface area contributed by atoms with Crippen molar-refractivity contribution in [3.63, 3.8) is 0 Å². The van der Waals surface area contributed by atoms with E-state index in [4.69, 9.17) is 4.98 Å². The lowest BCUT2D eigenvalue weighted by molar-refractivity contribution is 0.437. The first kappa shape index (κ1) is 14.3. The average Bonchev–Trinajstić information content (AvgIpc) is 2.40. The van der Waals surface area contributed by atoms with Crippen LogP contribution in [0.3, 0.4) is 0 Å². The summed E-state index contributed by atoms with van der Waals surface area (Å²) in [6, 6.07) is 0. The fourth-order valence-electron chi connectivity index (χ4n) is 2.52. The lowest BCUT2D eigenvalue weighted by atomic mass is 9.99. The van der Waals surface area contributed by atoms with E-state index in [0.29, 0.717) is 5.92 Å². The first-order valence-electron chi connectivity index (χ1n) is 7.37. The Morgan fingerprint density at radius 3 is 2.63 bits per heavy atom. The quantitative estimate of drug-likeness (QED) is 0.905. The van der Waals surface area contributed by atoms with E-state index in [1.54, 1.807) is 0 Å². The van der Waals surface area contributed by atoms with E-state index in [0.717, 1.165) is 37.1 Å². The SMILES string of the molecule is CNCc1nc(C(C)C)ncc1N1CCC(C)CC1. The van der Waals surface area contributed by atoms with Gasteiger partial charge in [0.05, 0.1) is 17.6 Å². The van der Waals surface area contributed by atoms with Gasteiger partial charge in [0.15, 0.2) is 0 Å². The molecule has 4 nitrogen and oxygen atoms in total. The van der Waals surface area contributed by atoms with E-state index in [2.05, 4.69) is 36.0 Å². The molecule has 1 aromatic heterocycles. The second kappa shape index (κ2) is 6.33. The van der Waals surface area contributed by atoms with Gasteiger partial charge in [-0.05, 0) is 25.8 Å². The Balaban J connectivity index is 2.23. The maximum atomic E-state index is 4.74. The van der Waals surface area contributed by atoms with Crippen LogP contribution in [-0.2, 0) is 6.54 Å². The highest BCUT2D eigenvalue weighted by molar-refractivity contribution is 5.49. The Kier molecular flexibility index (Phi) is 4.75. The second-order valence-corrected chi connectivity index (χ2v) is 5.91. The Morgan fingerprint density at radius 2 is 2.05 bits per heavy atom. The number of aromatic nitrogens is 2. The van der Waals surface area contributed by atoms with Crippen LogP contribution >= 0.6 is 0 Å². The summed E-state index contributed by atoms with van der Waals surface area (Å²) in [5.41, 5.74) is 2.35. The molecule has 1 aliphatic rings. The van der Waals surface area contributed by atoms with E-state index in [-0.39, 0.29) is 0 Å². The molecular weight excluding hydrogens is 236 g/mol. The van der Waals surface area contributed by atoms with Crippen LogP contribution in [0.1, 0.15) is 51.0 Å². The summed E-state index contributed by atoms with van der Waals surface area (Å²) in [5.74, 6) is 2.17. The van der Waals surface area contributed by atoms with Crippen LogP contribution in [0, 0.1) is 5.92 Å². The van der Waals surface area contributed by atoms with Crippen molar-refractivity contribution in [2.75, 3.05) is 25.0 Å². The van der Waals surface area contributed by atoms with Gasteiger partial charge in [0.2, 0.25) is 0 Å². The summed E-state index contributed by atoms with van der Waals surface area (Å²) in [4.78, 5) is 11.7. The third-order valence-corrected chi connectivity index (χ3v) is 3.85. The highest BCUT2D eigenvalue weighted by Gasteiger charge is 2.20. The molecule has 1 fully saturated rings. The van der Waals surface area contributed by atoms with Gasteiger partial charge >= 0.3 is 0 Å². The minimum absolute atomic E-state index is 0.381. The van der Waals surface area contributed by atoms with Crippen molar-refractivity contribution in [1.82, 2.24) is 15.3 Å². The zero-order valence-corrected chi connectivity index (χ0v) is 12.6. The van der Waals surface area contributed by atoms with E-state index >= 15 is 0 Å². The number of hydrogen-bond acceptors (Lipinski definition) is 4. The Bertz CT molecular complexity index is 409. The minimum Gasteiger partial charge on any atom is -0.369 e. The number of piperidine rings is 1. The molecule has 1 aromatic rings. The maximum absolute atomic E-state index is 4.74. The molecule has 0 amide bonds. The molecular formula is C15H26N4. The molecule has 1 N–H and O–H groups in total. The molecule has 2 rings (SSSR count). The average molecular weight is 262 g/mol. The molecule has 0 spiro atoms. The zero-order chi connectivity index (χ0) is 13.8. The van der Waals surface area contributed by atoms with Crippen molar-refractivity contribution in [1.29, 1.82) is 0 Å². The standard InChI is InChI=1S/C15H26N4/c1-11(2)15-17-10-14(13(18-15)9-16-4)19-7-5-12(3)6-8-19/h10-12,16H,5-9H2,1-4H3. The van der Waals surface area contributed by atoms with Crippen LogP contribution in [0.25, 0.3) is 0 Å². The van der Waals surface area contributed by atoms with E-state index in [9.17, 15) is 0 Å². The third kappa shape index (κ3) is 3.44. The molecule has 1 aliphatic heterocycles. The third-order valence-electron chi connectivity index (χ3n) is 3.85. The van der Waals surface area contributed by atoms with Crippen LogP contribution in [0.2, 0.25) is 0 Å². The van der Waals surface area contributed by atoms with E-state index in [1.807, 2.05) is 13.2 Å². The number of anilines is 1.